The van der Waals surface area contributed by atoms with Gasteiger partial charge in [0, 0.05) is 31.7 Å². The van der Waals surface area contributed by atoms with E-state index in [9.17, 15) is 9.59 Å². The fourth-order valence-electron chi connectivity index (χ4n) is 3.01. The van der Waals surface area contributed by atoms with Gasteiger partial charge in [0.1, 0.15) is 0 Å². The molecule has 1 saturated heterocycles. The molecular formula is C18H28N4O2. The first-order valence-corrected chi connectivity index (χ1v) is 8.46. The highest BCUT2D eigenvalue weighted by Crippen LogP contribution is 2.19. The summed E-state index contributed by atoms with van der Waals surface area (Å²) < 4.78 is 0. The van der Waals surface area contributed by atoms with Crippen LogP contribution in [0.25, 0.3) is 0 Å². The van der Waals surface area contributed by atoms with Crippen LogP contribution in [0, 0.1) is 0 Å². The topological polar surface area (TPSA) is 64.7 Å². The predicted octanol–water partition coefficient (Wildman–Crippen LogP) is 2.44. The van der Waals surface area contributed by atoms with Crippen LogP contribution in [0.2, 0.25) is 0 Å². The minimum atomic E-state index is -0.119. The van der Waals surface area contributed by atoms with E-state index in [1.165, 1.54) is 6.92 Å². The predicted molar refractivity (Wildman–Crippen MR) is 96.0 cm³/mol. The lowest BCUT2D eigenvalue weighted by Gasteiger charge is -2.36. The van der Waals surface area contributed by atoms with Crippen molar-refractivity contribution >= 4 is 17.6 Å². The van der Waals surface area contributed by atoms with E-state index in [2.05, 4.69) is 29.6 Å². The normalized spacial score (nSPS) is 19.0. The molecule has 1 heterocycles. The van der Waals surface area contributed by atoms with Crippen molar-refractivity contribution in [3.63, 3.8) is 0 Å². The Bertz CT molecular complexity index is 588. The minimum absolute atomic E-state index is 0.0287. The number of carbonyl (C=O) groups is 2. The molecule has 24 heavy (non-hydrogen) atoms. The number of hydrogen-bond acceptors (Lipinski definition) is 3. The van der Waals surface area contributed by atoms with Crippen molar-refractivity contribution < 1.29 is 9.59 Å². The van der Waals surface area contributed by atoms with E-state index in [0.29, 0.717) is 6.04 Å². The smallest absolute Gasteiger partial charge is 0.317 e. The molecule has 2 atom stereocenters. The lowest BCUT2D eigenvalue weighted by Crippen LogP contribution is -2.51. The molecule has 2 N–H and O–H groups in total. The number of piperidine rings is 1. The van der Waals surface area contributed by atoms with Crippen LogP contribution < -0.4 is 10.6 Å². The lowest BCUT2D eigenvalue weighted by atomic mass is 10.0. The molecule has 2 rings (SSSR count). The highest BCUT2D eigenvalue weighted by molar-refractivity contribution is 5.88. The molecule has 0 bridgehead atoms. The SMILES string of the molecule is CC(=O)Nc1cccc([C@@H](C)NC(=O)N2CCC[C@H](N(C)C)C2)c1. The van der Waals surface area contributed by atoms with Gasteiger partial charge in [0.2, 0.25) is 5.91 Å². The van der Waals surface area contributed by atoms with Crippen LogP contribution in [0.5, 0.6) is 0 Å². The first-order chi connectivity index (χ1) is 11.4. The first-order valence-electron chi connectivity index (χ1n) is 8.46. The van der Waals surface area contributed by atoms with Gasteiger partial charge in [-0.2, -0.15) is 0 Å². The summed E-state index contributed by atoms with van der Waals surface area (Å²) >= 11 is 0. The third-order valence-electron chi connectivity index (χ3n) is 4.46. The summed E-state index contributed by atoms with van der Waals surface area (Å²) in [5.74, 6) is -0.105. The van der Waals surface area contributed by atoms with E-state index in [4.69, 9.17) is 0 Å². The van der Waals surface area contributed by atoms with Crippen LogP contribution in [0.3, 0.4) is 0 Å². The summed E-state index contributed by atoms with van der Waals surface area (Å²) in [5, 5.41) is 5.83. The summed E-state index contributed by atoms with van der Waals surface area (Å²) in [7, 11) is 4.12. The summed E-state index contributed by atoms with van der Waals surface area (Å²) in [5.41, 5.74) is 1.71. The van der Waals surface area contributed by atoms with Gasteiger partial charge in [-0.3, -0.25) is 4.79 Å². The zero-order valence-electron chi connectivity index (χ0n) is 15.0. The largest absolute Gasteiger partial charge is 0.331 e. The fraction of sp³-hybridized carbons (Fsp3) is 0.556. The van der Waals surface area contributed by atoms with Gasteiger partial charge < -0.3 is 20.4 Å². The average Bonchev–Trinajstić information content (AvgIpc) is 2.54. The quantitative estimate of drug-likeness (QED) is 0.890. The van der Waals surface area contributed by atoms with Crippen LogP contribution in [0.15, 0.2) is 24.3 Å². The van der Waals surface area contributed by atoms with Crippen LogP contribution >= 0.6 is 0 Å². The molecule has 132 valence electrons. The molecule has 1 aliphatic heterocycles. The van der Waals surface area contributed by atoms with Gasteiger partial charge in [-0.25, -0.2) is 4.79 Å². The van der Waals surface area contributed by atoms with Gasteiger partial charge in [0.25, 0.3) is 0 Å². The van der Waals surface area contributed by atoms with Gasteiger partial charge >= 0.3 is 6.03 Å². The summed E-state index contributed by atoms with van der Waals surface area (Å²) in [6, 6.07) is 7.84. The standard InChI is InChI=1S/C18H28N4O2/c1-13(15-7-5-8-16(11-15)20-14(2)23)19-18(24)22-10-6-9-17(12-22)21(3)4/h5,7-8,11,13,17H,6,9-10,12H2,1-4H3,(H,19,24)(H,20,23)/t13-,17+/m1/s1. The highest BCUT2D eigenvalue weighted by Gasteiger charge is 2.25. The van der Waals surface area contributed by atoms with Crippen molar-refractivity contribution in [1.82, 2.24) is 15.1 Å². The van der Waals surface area contributed by atoms with Gasteiger partial charge in [0.15, 0.2) is 0 Å². The Labute approximate surface area is 144 Å². The summed E-state index contributed by atoms with van der Waals surface area (Å²) in [4.78, 5) is 27.8. The molecule has 0 saturated carbocycles. The molecule has 0 radical (unpaired) electrons. The molecule has 6 heteroatoms. The van der Waals surface area contributed by atoms with E-state index in [1.54, 1.807) is 0 Å². The van der Waals surface area contributed by atoms with E-state index >= 15 is 0 Å². The van der Waals surface area contributed by atoms with Crippen LogP contribution in [-0.4, -0.2) is 55.0 Å². The maximum Gasteiger partial charge on any atom is 0.317 e. The van der Waals surface area contributed by atoms with Crippen LogP contribution in [-0.2, 0) is 4.79 Å². The van der Waals surface area contributed by atoms with Gasteiger partial charge in [-0.05, 0) is 51.6 Å². The number of likely N-dealkylation sites (tertiary alicyclic amines) is 1. The Morgan fingerprint density at radius 1 is 1.33 bits per heavy atom. The summed E-state index contributed by atoms with van der Waals surface area (Å²) in [6.07, 6.45) is 2.16. The van der Waals surface area contributed by atoms with Crippen molar-refractivity contribution in [1.29, 1.82) is 0 Å². The Morgan fingerprint density at radius 3 is 2.75 bits per heavy atom. The van der Waals surface area contributed by atoms with Crippen LogP contribution in [0.4, 0.5) is 10.5 Å². The molecule has 1 aromatic carbocycles. The molecule has 0 aromatic heterocycles. The molecule has 6 nitrogen and oxygen atoms in total. The number of hydrogen-bond donors (Lipinski definition) is 2. The third-order valence-corrected chi connectivity index (χ3v) is 4.46. The Morgan fingerprint density at radius 2 is 2.08 bits per heavy atom. The average molecular weight is 332 g/mol. The Kier molecular flexibility index (Phi) is 6.20. The maximum absolute atomic E-state index is 12.5. The number of carbonyl (C=O) groups excluding carboxylic acids is 2. The molecule has 3 amide bonds. The van der Waals surface area contributed by atoms with Crippen molar-refractivity contribution in [3.05, 3.63) is 29.8 Å². The number of nitrogens with zero attached hydrogens (tertiary/aromatic N) is 2. The number of urea groups is 1. The van der Waals surface area contributed by atoms with E-state index < -0.39 is 0 Å². The first kappa shape index (κ1) is 18.3. The van der Waals surface area contributed by atoms with E-state index in [0.717, 1.165) is 37.2 Å². The van der Waals surface area contributed by atoms with Gasteiger partial charge in [0.05, 0.1) is 6.04 Å². The molecule has 1 aromatic rings. The van der Waals surface area contributed by atoms with Gasteiger partial charge in [-0.15, -0.1) is 0 Å². The number of amides is 3. The zero-order chi connectivity index (χ0) is 17.7. The highest BCUT2D eigenvalue weighted by atomic mass is 16.2. The molecule has 0 spiro atoms. The van der Waals surface area contributed by atoms with Crippen LogP contribution in [0.1, 0.15) is 38.3 Å². The molecule has 1 aliphatic rings. The van der Waals surface area contributed by atoms with E-state index in [1.807, 2.05) is 36.1 Å². The van der Waals surface area contributed by atoms with Crippen molar-refractivity contribution in [3.8, 4) is 0 Å². The number of likely N-dealkylation sites (N-methyl/N-ethyl adjacent to an activating group) is 1. The molecule has 0 unspecified atom stereocenters. The Balaban J connectivity index is 1.97. The Hall–Kier alpha value is -2.08. The van der Waals surface area contributed by atoms with Crippen molar-refractivity contribution in [2.45, 2.75) is 38.8 Å². The lowest BCUT2D eigenvalue weighted by molar-refractivity contribution is -0.114. The molecule has 0 aliphatic carbocycles. The number of rotatable bonds is 4. The molecule has 1 fully saturated rings. The maximum atomic E-state index is 12.5. The zero-order valence-corrected chi connectivity index (χ0v) is 15.0. The van der Waals surface area contributed by atoms with Gasteiger partial charge in [-0.1, -0.05) is 12.1 Å². The minimum Gasteiger partial charge on any atom is -0.331 e. The molecular weight excluding hydrogens is 304 g/mol. The second-order valence-electron chi connectivity index (χ2n) is 6.68. The second-order valence-corrected chi connectivity index (χ2v) is 6.68. The van der Waals surface area contributed by atoms with Crippen molar-refractivity contribution in [2.24, 2.45) is 0 Å². The summed E-state index contributed by atoms with van der Waals surface area (Å²) in [6.45, 7) is 5.00. The number of benzene rings is 1. The van der Waals surface area contributed by atoms with E-state index in [-0.39, 0.29) is 18.0 Å². The second kappa shape index (κ2) is 8.15. The number of anilines is 1. The number of nitrogens with one attached hydrogen (secondary N) is 2. The fourth-order valence-corrected chi connectivity index (χ4v) is 3.01. The monoisotopic (exact) mass is 332 g/mol. The third kappa shape index (κ3) is 4.96. The van der Waals surface area contributed by atoms with Crippen molar-refractivity contribution in [2.75, 3.05) is 32.5 Å².